The van der Waals surface area contributed by atoms with Crippen molar-refractivity contribution < 1.29 is 4.74 Å². The Labute approximate surface area is 108 Å². The average Bonchev–Trinajstić information content (AvgIpc) is 2.64. The predicted molar refractivity (Wildman–Crippen MR) is 70.7 cm³/mol. The maximum Gasteiger partial charge on any atom is 0.0815 e. The van der Waals surface area contributed by atoms with E-state index in [1.54, 1.807) is 0 Å². The number of aromatic nitrogens is 2. The number of nitrogens with one attached hydrogen (secondary N) is 1. The smallest absolute Gasteiger partial charge is 0.0815 e. The zero-order chi connectivity index (χ0) is 12.7. The summed E-state index contributed by atoms with van der Waals surface area (Å²) >= 11 is 5.97. The van der Waals surface area contributed by atoms with Crippen molar-refractivity contribution >= 4 is 11.6 Å². The number of nitrogens with zero attached hydrogens (tertiary/aromatic N) is 2. The lowest BCUT2D eigenvalue weighted by molar-refractivity contribution is 0.144. The minimum absolute atomic E-state index is 0.313. The van der Waals surface area contributed by atoms with Crippen molar-refractivity contribution in [2.24, 2.45) is 0 Å². The highest BCUT2D eigenvalue weighted by atomic mass is 35.5. The Hall–Kier alpha value is -0.580. The van der Waals surface area contributed by atoms with Crippen LogP contribution in [0.25, 0.3) is 0 Å². The van der Waals surface area contributed by atoms with Crippen LogP contribution >= 0.6 is 11.6 Å². The molecule has 5 heteroatoms. The molecular weight excluding hydrogens is 238 g/mol. The van der Waals surface area contributed by atoms with Gasteiger partial charge in [-0.15, -0.1) is 0 Å². The first-order valence-corrected chi connectivity index (χ1v) is 6.52. The van der Waals surface area contributed by atoms with Crippen LogP contribution < -0.4 is 5.32 Å². The summed E-state index contributed by atoms with van der Waals surface area (Å²) in [6.45, 7) is 9.53. The van der Waals surface area contributed by atoms with Crippen LogP contribution in [0, 0.1) is 6.92 Å². The lowest BCUT2D eigenvalue weighted by Gasteiger charge is -2.13. The van der Waals surface area contributed by atoms with Crippen molar-refractivity contribution in [3.8, 4) is 0 Å². The van der Waals surface area contributed by atoms with Crippen LogP contribution in [0.5, 0.6) is 0 Å². The van der Waals surface area contributed by atoms with Crippen molar-refractivity contribution in [3.05, 3.63) is 16.9 Å². The number of hydrogen-bond donors (Lipinski definition) is 1. The third-order valence-electron chi connectivity index (χ3n) is 2.59. The molecule has 0 saturated carbocycles. The molecule has 1 N–H and O–H groups in total. The standard InChI is InChI=1S/C12H22ClN3O/c1-4-17-7-5-6-14-8-10(2)16-9-12(13)11(3)15-16/h9-10,14H,4-8H2,1-3H3. The molecule has 1 rings (SSSR count). The molecular formula is C12H22ClN3O. The van der Waals surface area contributed by atoms with Gasteiger partial charge in [0.1, 0.15) is 0 Å². The van der Waals surface area contributed by atoms with Gasteiger partial charge in [-0.2, -0.15) is 5.10 Å². The highest BCUT2D eigenvalue weighted by Crippen LogP contribution is 2.15. The predicted octanol–water partition coefficient (Wildman–Crippen LogP) is 2.42. The lowest BCUT2D eigenvalue weighted by Crippen LogP contribution is -2.25. The molecule has 1 unspecified atom stereocenters. The fourth-order valence-electron chi connectivity index (χ4n) is 1.53. The Balaban J connectivity index is 2.19. The van der Waals surface area contributed by atoms with Crippen LogP contribution in [-0.4, -0.2) is 36.1 Å². The lowest BCUT2D eigenvalue weighted by atomic mass is 10.3. The summed E-state index contributed by atoms with van der Waals surface area (Å²) in [6.07, 6.45) is 2.92. The zero-order valence-electron chi connectivity index (χ0n) is 10.9. The van der Waals surface area contributed by atoms with Crippen LogP contribution in [-0.2, 0) is 4.74 Å². The Bertz CT molecular complexity index is 308. The second kappa shape index (κ2) is 7.69. The van der Waals surface area contributed by atoms with Gasteiger partial charge in [-0.3, -0.25) is 4.68 Å². The molecule has 0 aliphatic heterocycles. The van der Waals surface area contributed by atoms with Crippen LogP contribution in [0.1, 0.15) is 32.0 Å². The summed E-state index contributed by atoms with van der Waals surface area (Å²) in [6, 6.07) is 0.313. The minimum Gasteiger partial charge on any atom is -0.382 e. The molecule has 17 heavy (non-hydrogen) atoms. The van der Waals surface area contributed by atoms with Crippen LogP contribution in [0.2, 0.25) is 5.02 Å². The monoisotopic (exact) mass is 259 g/mol. The SMILES string of the molecule is CCOCCCNCC(C)n1cc(Cl)c(C)n1. The van der Waals surface area contributed by atoms with Gasteiger partial charge in [0, 0.05) is 26.0 Å². The first-order valence-electron chi connectivity index (χ1n) is 6.14. The van der Waals surface area contributed by atoms with E-state index >= 15 is 0 Å². The molecule has 0 amide bonds. The van der Waals surface area contributed by atoms with E-state index in [0.717, 1.165) is 43.4 Å². The van der Waals surface area contributed by atoms with E-state index in [4.69, 9.17) is 16.3 Å². The first-order chi connectivity index (χ1) is 8.15. The van der Waals surface area contributed by atoms with Gasteiger partial charge < -0.3 is 10.1 Å². The Morgan fingerprint density at radius 1 is 1.59 bits per heavy atom. The summed E-state index contributed by atoms with van der Waals surface area (Å²) in [4.78, 5) is 0. The van der Waals surface area contributed by atoms with Crippen molar-refractivity contribution in [3.63, 3.8) is 0 Å². The maximum absolute atomic E-state index is 5.97. The van der Waals surface area contributed by atoms with Crippen molar-refractivity contribution in [2.75, 3.05) is 26.3 Å². The molecule has 0 saturated heterocycles. The maximum atomic E-state index is 5.97. The molecule has 98 valence electrons. The van der Waals surface area contributed by atoms with E-state index in [1.807, 2.05) is 24.7 Å². The van der Waals surface area contributed by atoms with Crippen LogP contribution in [0.15, 0.2) is 6.20 Å². The number of hydrogen-bond acceptors (Lipinski definition) is 3. The highest BCUT2D eigenvalue weighted by Gasteiger charge is 2.08. The molecule has 4 nitrogen and oxygen atoms in total. The molecule has 1 heterocycles. The largest absolute Gasteiger partial charge is 0.382 e. The first kappa shape index (κ1) is 14.5. The third kappa shape index (κ3) is 5.06. The van der Waals surface area contributed by atoms with E-state index in [0.29, 0.717) is 6.04 Å². The molecule has 0 aliphatic rings. The fraction of sp³-hybridized carbons (Fsp3) is 0.750. The third-order valence-corrected chi connectivity index (χ3v) is 2.97. The highest BCUT2D eigenvalue weighted by molar-refractivity contribution is 6.31. The molecule has 0 aromatic carbocycles. The average molecular weight is 260 g/mol. The molecule has 1 atom stereocenters. The van der Waals surface area contributed by atoms with Gasteiger partial charge in [0.2, 0.25) is 0 Å². The second-order valence-corrected chi connectivity index (χ2v) is 4.55. The van der Waals surface area contributed by atoms with Crippen LogP contribution in [0.4, 0.5) is 0 Å². The van der Waals surface area contributed by atoms with Crippen LogP contribution in [0.3, 0.4) is 0 Å². The summed E-state index contributed by atoms with van der Waals surface area (Å²) in [5.74, 6) is 0. The number of ether oxygens (including phenoxy) is 1. The summed E-state index contributed by atoms with van der Waals surface area (Å²) in [7, 11) is 0. The minimum atomic E-state index is 0.313. The molecule has 1 aromatic rings. The van der Waals surface area contributed by atoms with Crippen molar-refractivity contribution in [1.82, 2.24) is 15.1 Å². The van der Waals surface area contributed by atoms with Gasteiger partial charge >= 0.3 is 0 Å². The van der Waals surface area contributed by atoms with Gasteiger partial charge in [-0.05, 0) is 33.7 Å². The van der Waals surface area contributed by atoms with Gasteiger partial charge in [-0.25, -0.2) is 0 Å². The zero-order valence-corrected chi connectivity index (χ0v) is 11.6. The number of aryl methyl sites for hydroxylation is 1. The van der Waals surface area contributed by atoms with Gasteiger partial charge in [0.05, 0.1) is 16.8 Å². The van der Waals surface area contributed by atoms with E-state index in [1.165, 1.54) is 0 Å². The van der Waals surface area contributed by atoms with E-state index in [9.17, 15) is 0 Å². The topological polar surface area (TPSA) is 39.1 Å². The van der Waals surface area contributed by atoms with E-state index in [2.05, 4.69) is 17.3 Å². The summed E-state index contributed by atoms with van der Waals surface area (Å²) in [5.41, 5.74) is 0.884. The quantitative estimate of drug-likeness (QED) is 0.729. The Morgan fingerprint density at radius 2 is 2.35 bits per heavy atom. The van der Waals surface area contributed by atoms with Gasteiger partial charge in [-0.1, -0.05) is 11.6 Å². The molecule has 0 aliphatic carbocycles. The fourth-order valence-corrected chi connectivity index (χ4v) is 1.67. The van der Waals surface area contributed by atoms with Gasteiger partial charge in [0.15, 0.2) is 0 Å². The van der Waals surface area contributed by atoms with Crippen molar-refractivity contribution in [2.45, 2.75) is 33.2 Å². The molecule has 1 aromatic heterocycles. The summed E-state index contributed by atoms with van der Waals surface area (Å²) < 4.78 is 7.18. The van der Waals surface area contributed by atoms with E-state index < -0.39 is 0 Å². The molecule has 0 bridgehead atoms. The molecule has 0 spiro atoms. The molecule has 0 fully saturated rings. The summed E-state index contributed by atoms with van der Waals surface area (Å²) in [5, 5.41) is 8.48. The molecule has 0 radical (unpaired) electrons. The number of rotatable bonds is 8. The van der Waals surface area contributed by atoms with Crippen molar-refractivity contribution in [1.29, 1.82) is 0 Å². The van der Waals surface area contributed by atoms with E-state index in [-0.39, 0.29) is 0 Å². The normalized spacial score (nSPS) is 12.9. The van der Waals surface area contributed by atoms with Gasteiger partial charge in [0.25, 0.3) is 0 Å². The Morgan fingerprint density at radius 3 is 2.94 bits per heavy atom. The second-order valence-electron chi connectivity index (χ2n) is 4.15. The number of halogens is 1. The Kier molecular flexibility index (Phi) is 6.55.